The molecule has 3 rings (SSSR count). The van der Waals surface area contributed by atoms with E-state index < -0.39 is 0 Å². The number of carbonyl (C=O) groups excluding carboxylic acids is 1. The summed E-state index contributed by atoms with van der Waals surface area (Å²) in [6, 6.07) is 10.3. The fourth-order valence-corrected chi connectivity index (χ4v) is 3.00. The summed E-state index contributed by atoms with van der Waals surface area (Å²) in [7, 11) is 0. The predicted molar refractivity (Wildman–Crippen MR) is 83.5 cm³/mol. The average molecular weight is 315 g/mol. The summed E-state index contributed by atoms with van der Waals surface area (Å²) >= 11 is 0. The van der Waals surface area contributed by atoms with Crippen molar-refractivity contribution in [2.45, 2.75) is 32.4 Å². The number of benzene rings is 1. The summed E-state index contributed by atoms with van der Waals surface area (Å²) in [5.41, 5.74) is 1.18. The number of hydrogen-bond acceptors (Lipinski definition) is 6. The van der Waals surface area contributed by atoms with E-state index in [0.29, 0.717) is 11.7 Å². The molecule has 122 valence electrons. The molecule has 0 saturated carbocycles. The van der Waals surface area contributed by atoms with Crippen LogP contribution in [0.15, 0.2) is 30.3 Å². The van der Waals surface area contributed by atoms with Gasteiger partial charge in [-0.15, -0.1) is 10.2 Å². The molecule has 0 radical (unpaired) electrons. The first-order chi connectivity index (χ1) is 11.2. The highest BCUT2D eigenvalue weighted by molar-refractivity contribution is 5.65. The first-order valence-electron chi connectivity index (χ1n) is 7.91. The molecule has 7 heteroatoms. The summed E-state index contributed by atoms with van der Waals surface area (Å²) in [6.07, 6.45) is 2.14. The smallest absolute Gasteiger partial charge is 0.303 e. The van der Waals surface area contributed by atoms with Crippen molar-refractivity contribution in [2.75, 3.05) is 13.1 Å². The first-order valence-corrected chi connectivity index (χ1v) is 7.91. The molecular weight excluding hydrogens is 294 g/mol. The van der Waals surface area contributed by atoms with E-state index in [1.54, 1.807) is 4.80 Å². The summed E-state index contributed by atoms with van der Waals surface area (Å²) < 4.78 is 4.94. The maximum absolute atomic E-state index is 10.9. The molecule has 2 aromatic rings. The number of hydrogen-bond donors (Lipinski definition) is 1. The van der Waals surface area contributed by atoms with E-state index in [9.17, 15) is 4.79 Å². The van der Waals surface area contributed by atoms with E-state index in [4.69, 9.17) is 4.74 Å². The van der Waals surface area contributed by atoms with Crippen molar-refractivity contribution in [3.05, 3.63) is 41.7 Å². The lowest BCUT2D eigenvalue weighted by Gasteiger charge is -2.30. The second-order valence-electron chi connectivity index (χ2n) is 5.75. The summed E-state index contributed by atoms with van der Waals surface area (Å²) in [4.78, 5) is 12.6. The topological polar surface area (TPSA) is 81.9 Å². The van der Waals surface area contributed by atoms with Crippen molar-refractivity contribution >= 4 is 5.97 Å². The van der Waals surface area contributed by atoms with E-state index in [0.717, 1.165) is 25.9 Å². The Kier molecular flexibility index (Phi) is 4.97. The normalized spacial score (nSPS) is 16.9. The molecule has 0 bridgehead atoms. The fourth-order valence-electron chi connectivity index (χ4n) is 3.00. The van der Waals surface area contributed by atoms with Gasteiger partial charge in [-0.2, -0.15) is 4.80 Å². The molecular formula is C16H21N5O2. The Balaban J connectivity index is 1.84. The SMILES string of the molecule is CC(=O)OCc1nnn([C@@H](c2ccccc2)C2CCNCC2)n1. The van der Waals surface area contributed by atoms with Crippen LogP contribution in [0, 0.1) is 5.92 Å². The zero-order valence-corrected chi connectivity index (χ0v) is 13.2. The summed E-state index contributed by atoms with van der Waals surface area (Å²) in [5.74, 6) is 0.531. The van der Waals surface area contributed by atoms with Gasteiger partial charge >= 0.3 is 5.97 Å². The van der Waals surface area contributed by atoms with Crippen LogP contribution >= 0.6 is 0 Å². The average Bonchev–Trinajstić information content (AvgIpc) is 3.04. The van der Waals surface area contributed by atoms with Gasteiger partial charge in [0.2, 0.25) is 5.82 Å². The number of nitrogens with zero attached hydrogens (tertiary/aromatic N) is 4. The van der Waals surface area contributed by atoms with Crippen molar-refractivity contribution in [1.29, 1.82) is 0 Å². The Morgan fingerprint density at radius 2 is 2.09 bits per heavy atom. The van der Waals surface area contributed by atoms with Gasteiger partial charge in [0.1, 0.15) is 6.04 Å². The Morgan fingerprint density at radius 1 is 1.35 bits per heavy atom. The zero-order valence-electron chi connectivity index (χ0n) is 13.2. The maximum atomic E-state index is 10.9. The minimum atomic E-state index is -0.348. The molecule has 0 spiro atoms. The van der Waals surface area contributed by atoms with Gasteiger partial charge in [-0.25, -0.2) is 0 Å². The molecule has 1 aliphatic rings. The quantitative estimate of drug-likeness (QED) is 0.838. The Bertz CT molecular complexity index is 637. The first kappa shape index (κ1) is 15.6. The van der Waals surface area contributed by atoms with Gasteiger partial charge in [-0.1, -0.05) is 30.3 Å². The second-order valence-corrected chi connectivity index (χ2v) is 5.75. The van der Waals surface area contributed by atoms with Crippen LogP contribution in [-0.2, 0) is 16.1 Å². The highest BCUT2D eigenvalue weighted by Crippen LogP contribution is 2.31. The molecule has 1 fully saturated rings. The molecule has 7 nitrogen and oxygen atoms in total. The molecule has 2 heterocycles. The Hall–Kier alpha value is -2.28. The van der Waals surface area contributed by atoms with Crippen molar-refractivity contribution in [1.82, 2.24) is 25.5 Å². The minimum absolute atomic E-state index is 0.0527. The van der Waals surface area contributed by atoms with Gasteiger partial charge < -0.3 is 10.1 Å². The zero-order chi connectivity index (χ0) is 16.1. The molecule has 0 aliphatic carbocycles. The lowest BCUT2D eigenvalue weighted by molar-refractivity contribution is -0.142. The molecule has 1 saturated heterocycles. The molecule has 1 aliphatic heterocycles. The highest BCUT2D eigenvalue weighted by atomic mass is 16.5. The van der Waals surface area contributed by atoms with Crippen molar-refractivity contribution in [3.8, 4) is 0 Å². The lowest BCUT2D eigenvalue weighted by atomic mass is 9.86. The Labute approximate surface area is 135 Å². The monoisotopic (exact) mass is 315 g/mol. The van der Waals surface area contributed by atoms with E-state index in [1.165, 1.54) is 12.5 Å². The van der Waals surface area contributed by atoms with Crippen LogP contribution in [0.2, 0.25) is 0 Å². The number of tetrazole rings is 1. The number of aromatic nitrogens is 4. The van der Waals surface area contributed by atoms with Crippen LogP contribution < -0.4 is 5.32 Å². The van der Waals surface area contributed by atoms with Crippen LogP contribution in [-0.4, -0.2) is 39.3 Å². The standard InChI is InChI=1S/C16H21N5O2/c1-12(22)23-11-15-18-20-21(19-15)16(13-5-3-2-4-6-13)14-7-9-17-10-8-14/h2-6,14,16-17H,7-11H2,1H3/t16-/m0/s1. The van der Waals surface area contributed by atoms with E-state index in [-0.39, 0.29) is 18.6 Å². The van der Waals surface area contributed by atoms with Gasteiger partial charge in [-0.3, -0.25) is 4.79 Å². The minimum Gasteiger partial charge on any atom is -0.457 e. The summed E-state index contributed by atoms with van der Waals surface area (Å²) in [5, 5.41) is 16.0. The van der Waals surface area contributed by atoms with Gasteiger partial charge in [0.05, 0.1) is 0 Å². The van der Waals surface area contributed by atoms with Crippen LogP contribution in [0.5, 0.6) is 0 Å². The van der Waals surface area contributed by atoms with Crippen LogP contribution in [0.25, 0.3) is 0 Å². The number of rotatable bonds is 5. The second kappa shape index (κ2) is 7.32. The third-order valence-electron chi connectivity index (χ3n) is 4.09. The van der Waals surface area contributed by atoms with Gasteiger partial charge in [0, 0.05) is 6.92 Å². The highest BCUT2D eigenvalue weighted by Gasteiger charge is 2.28. The van der Waals surface area contributed by atoms with Crippen molar-refractivity contribution in [3.63, 3.8) is 0 Å². The molecule has 0 amide bonds. The Morgan fingerprint density at radius 3 is 2.78 bits per heavy atom. The van der Waals surface area contributed by atoms with Gasteiger partial charge in [0.15, 0.2) is 6.61 Å². The van der Waals surface area contributed by atoms with Crippen LogP contribution in [0.3, 0.4) is 0 Å². The molecule has 1 N–H and O–H groups in total. The number of carbonyl (C=O) groups is 1. The number of esters is 1. The van der Waals surface area contributed by atoms with Crippen molar-refractivity contribution < 1.29 is 9.53 Å². The van der Waals surface area contributed by atoms with Crippen molar-refractivity contribution in [2.24, 2.45) is 5.92 Å². The molecule has 1 atom stereocenters. The largest absolute Gasteiger partial charge is 0.457 e. The maximum Gasteiger partial charge on any atom is 0.303 e. The number of ether oxygens (including phenoxy) is 1. The van der Waals surface area contributed by atoms with Gasteiger partial charge in [-0.05, 0) is 42.6 Å². The lowest BCUT2D eigenvalue weighted by Crippen LogP contribution is -2.34. The molecule has 0 unspecified atom stereocenters. The number of piperidine rings is 1. The molecule has 1 aromatic heterocycles. The van der Waals surface area contributed by atoms with Gasteiger partial charge in [0.25, 0.3) is 0 Å². The third-order valence-corrected chi connectivity index (χ3v) is 4.09. The van der Waals surface area contributed by atoms with E-state index in [1.807, 2.05) is 18.2 Å². The van der Waals surface area contributed by atoms with Crippen LogP contribution in [0.4, 0.5) is 0 Å². The molecule has 1 aromatic carbocycles. The van der Waals surface area contributed by atoms with E-state index in [2.05, 4.69) is 32.9 Å². The fraction of sp³-hybridized carbons (Fsp3) is 0.500. The van der Waals surface area contributed by atoms with Crippen LogP contribution in [0.1, 0.15) is 37.2 Å². The molecule has 23 heavy (non-hydrogen) atoms. The number of nitrogens with one attached hydrogen (secondary N) is 1. The predicted octanol–water partition coefficient (Wildman–Crippen LogP) is 1.33. The third kappa shape index (κ3) is 3.92. The van der Waals surface area contributed by atoms with E-state index >= 15 is 0 Å². The summed E-state index contributed by atoms with van der Waals surface area (Å²) in [6.45, 7) is 3.43.